The molecule has 0 aliphatic carbocycles. The molecule has 0 saturated heterocycles. The van der Waals surface area contributed by atoms with E-state index in [0.717, 1.165) is 16.5 Å². The number of ether oxygens (including phenoxy) is 2. The number of hydrogen-bond donors (Lipinski definition) is 1. The zero-order chi connectivity index (χ0) is 23.9. The zero-order valence-electron chi connectivity index (χ0n) is 19.0. The van der Waals surface area contributed by atoms with Crippen LogP contribution in [0.4, 0.5) is 0 Å². The molecule has 0 fully saturated rings. The number of aliphatic carboxylic acids is 1. The van der Waals surface area contributed by atoms with Gasteiger partial charge >= 0.3 is 5.97 Å². The molecule has 4 rings (SSSR count). The summed E-state index contributed by atoms with van der Waals surface area (Å²) in [7, 11) is 0. The topological polar surface area (TPSA) is 77.8 Å². The van der Waals surface area contributed by atoms with Crippen LogP contribution in [-0.2, 0) is 22.5 Å². The first-order valence-electron chi connectivity index (χ1n) is 11.3. The third kappa shape index (κ3) is 5.53. The van der Waals surface area contributed by atoms with Gasteiger partial charge in [-0.3, -0.25) is 4.79 Å². The fourth-order valence-electron chi connectivity index (χ4n) is 3.89. The number of carbonyl (C=O) groups excluding carboxylic acids is 1. The molecule has 0 saturated carbocycles. The van der Waals surface area contributed by atoms with Crippen molar-refractivity contribution in [1.82, 2.24) is 4.57 Å². The maximum absolute atomic E-state index is 12.8. The summed E-state index contributed by atoms with van der Waals surface area (Å²) < 4.78 is 13.2. The van der Waals surface area contributed by atoms with Gasteiger partial charge in [-0.2, -0.15) is 0 Å². The number of nitrogens with zero attached hydrogens (tertiary/aromatic N) is 1. The van der Waals surface area contributed by atoms with Gasteiger partial charge in [-0.25, -0.2) is 4.79 Å². The van der Waals surface area contributed by atoms with Gasteiger partial charge in [0.2, 0.25) is 0 Å². The summed E-state index contributed by atoms with van der Waals surface area (Å²) in [5.74, 6) is -0.251. The second kappa shape index (κ2) is 10.8. The molecule has 1 N–H and O–H groups in total. The predicted octanol–water partition coefficient (Wildman–Crippen LogP) is 4.98. The number of carboxylic acid groups (broad SMARTS) is 1. The van der Waals surface area contributed by atoms with Crippen LogP contribution in [0.3, 0.4) is 0 Å². The molecule has 1 atom stereocenters. The molecule has 4 aromatic rings. The minimum Gasteiger partial charge on any atom is -0.492 e. The Morgan fingerprint density at radius 1 is 0.941 bits per heavy atom. The molecule has 0 aliphatic heterocycles. The predicted molar refractivity (Wildman–Crippen MR) is 131 cm³/mol. The van der Waals surface area contributed by atoms with Gasteiger partial charge in [0.1, 0.15) is 12.4 Å². The largest absolute Gasteiger partial charge is 0.492 e. The average molecular weight is 458 g/mol. The zero-order valence-corrected chi connectivity index (χ0v) is 19.0. The van der Waals surface area contributed by atoms with Crippen LogP contribution in [0.2, 0.25) is 0 Å². The minimum atomic E-state index is -0.963. The summed E-state index contributed by atoms with van der Waals surface area (Å²) in [6.45, 7) is 3.22. The monoisotopic (exact) mass is 457 g/mol. The summed E-state index contributed by atoms with van der Waals surface area (Å²) in [5.41, 5.74) is 3.18. The molecule has 6 nitrogen and oxygen atoms in total. The van der Waals surface area contributed by atoms with E-state index < -0.39 is 12.1 Å². The quantitative estimate of drug-likeness (QED) is 0.321. The fourth-order valence-corrected chi connectivity index (χ4v) is 3.89. The van der Waals surface area contributed by atoms with Gasteiger partial charge in [-0.15, -0.1) is 0 Å². The number of aromatic nitrogens is 1. The molecule has 3 aromatic carbocycles. The molecule has 0 aliphatic rings. The normalized spacial score (nSPS) is 11.9. The number of fused-ring (bicyclic) bond motifs is 1. The molecule has 0 amide bonds. The van der Waals surface area contributed by atoms with E-state index in [1.54, 1.807) is 6.92 Å². The van der Waals surface area contributed by atoms with Crippen LogP contribution in [0, 0.1) is 0 Å². The summed E-state index contributed by atoms with van der Waals surface area (Å²) >= 11 is 0. The lowest BCUT2D eigenvalue weighted by atomic mass is 10.0. The highest BCUT2D eigenvalue weighted by Gasteiger charge is 2.18. The molecule has 1 unspecified atom stereocenters. The van der Waals surface area contributed by atoms with Crippen LogP contribution in [0.5, 0.6) is 5.75 Å². The number of benzene rings is 3. The van der Waals surface area contributed by atoms with E-state index in [1.807, 2.05) is 85.1 Å². The van der Waals surface area contributed by atoms with Crippen molar-refractivity contribution in [2.24, 2.45) is 0 Å². The minimum absolute atomic E-state index is 0.000985. The van der Waals surface area contributed by atoms with Gasteiger partial charge in [-0.05, 0) is 42.1 Å². The molecule has 34 heavy (non-hydrogen) atoms. The SMILES string of the molecule is CCOC(Cc1ccc(OCCn2ccc3ccc(C(=O)c4ccccc4)cc32)cc1)C(=O)O. The van der Waals surface area contributed by atoms with Crippen molar-refractivity contribution in [3.05, 3.63) is 102 Å². The van der Waals surface area contributed by atoms with Crippen molar-refractivity contribution in [1.29, 1.82) is 0 Å². The number of ketones is 1. The molecule has 0 bridgehead atoms. The van der Waals surface area contributed by atoms with E-state index in [1.165, 1.54) is 0 Å². The van der Waals surface area contributed by atoms with Gasteiger partial charge in [0.15, 0.2) is 11.9 Å². The Kier molecular flexibility index (Phi) is 7.40. The highest BCUT2D eigenvalue weighted by Crippen LogP contribution is 2.20. The van der Waals surface area contributed by atoms with Crippen molar-refractivity contribution in [2.45, 2.75) is 26.0 Å². The summed E-state index contributed by atoms with van der Waals surface area (Å²) in [6, 6.07) is 24.4. The van der Waals surface area contributed by atoms with Crippen LogP contribution >= 0.6 is 0 Å². The summed E-state index contributed by atoms with van der Waals surface area (Å²) in [4.78, 5) is 24.1. The van der Waals surface area contributed by atoms with E-state index in [2.05, 4.69) is 4.57 Å². The van der Waals surface area contributed by atoms with E-state index in [0.29, 0.717) is 43.1 Å². The number of carbonyl (C=O) groups is 2. The third-order valence-electron chi connectivity index (χ3n) is 5.66. The molecule has 1 aromatic heterocycles. The van der Waals surface area contributed by atoms with E-state index in [-0.39, 0.29) is 5.78 Å². The molecule has 1 heterocycles. The van der Waals surface area contributed by atoms with Crippen molar-refractivity contribution in [3.8, 4) is 5.75 Å². The van der Waals surface area contributed by atoms with Crippen molar-refractivity contribution < 1.29 is 24.2 Å². The van der Waals surface area contributed by atoms with Crippen molar-refractivity contribution >= 4 is 22.7 Å². The molecule has 6 heteroatoms. The first-order chi connectivity index (χ1) is 16.5. The van der Waals surface area contributed by atoms with Gasteiger partial charge in [-0.1, -0.05) is 54.6 Å². The lowest BCUT2D eigenvalue weighted by Gasteiger charge is -2.13. The summed E-state index contributed by atoms with van der Waals surface area (Å²) in [5, 5.41) is 10.3. The Morgan fingerprint density at radius 2 is 1.71 bits per heavy atom. The smallest absolute Gasteiger partial charge is 0.333 e. The van der Waals surface area contributed by atoms with Gasteiger partial charge in [0.05, 0.1) is 6.54 Å². The Bertz CT molecular complexity index is 1260. The van der Waals surface area contributed by atoms with E-state index >= 15 is 0 Å². The maximum atomic E-state index is 12.8. The second-order valence-corrected chi connectivity index (χ2v) is 7.96. The number of hydrogen-bond acceptors (Lipinski definition) is 4. The van der Waals surface area contributed by atoms with Gasteiger partial charge in [0, 0.05) is 35.9 Å². The molecule has 0 spiro atoms. The second-order valence-electron chi connectivity index (χ2n) is 7.96. The summed E-state index contributed by atoms with van der Waals surface area (Å²) in [6.07, 6.45) is 1.45. The lowest BCUT2D eigenvalue weighted by molar-refractivity contribution is -0.149. The Morgan fingerprint density at radius 3 is 2.41 bits per heavy atom. The van der Waals surface area contributed by atoms with Gasteiger partial charge in [0.25, 0.3) is 0 Å². The molecular formula is C28H27NO5. The molecule has 0 radical (unpaired) electrons. The first kappa shape index (κ1) is 23.3. The van der Waals surface area contributed by atoms with E-state index in [9.17, 15) is 14.7 Å². The molecular weight excluding hydrogens is 430 g/mol. The third-order valence-corrected chi connectivity index (χ3v) is 5.66. The fraction of sp³-hybridized carbons (Fsp3) is 0.214. The Balaban J connectivity index is 1.38. The molecule has 174 valence electrons. The Labute approximate surface area is 198 Å². The van der Waals surface area contributed by atoms with Crippen molar-refractivity contribution in [2.75, 3.05) is 13.2 Å². The highest BCUT2D eigenvalue weighted by atomic mass is 16.5. The van der Waals surface area contributed by atoms with Crippen LogP contribution in [0.15, 0.2) is 85.1 Å². The Hall–Kier alpha value is -3.90. The maximum Gasteiger partial charge on any atom is 0.333 e. The number of carboxylic acids is 1. The van der Waals surface area contributed by atoms with Crippen molar-refractivity contribution in [3.63, 3.8) is 0 Å². The van der Waals surface area contributed by atoms with Crippen LogP contribution in [-0.4, -0.2) is 40.7 Å². The lowest BCUT2D eigenvalue weighted by Crippen LogP contribution is -2.26. The standard InChI is InChI=1S/C28H27NO5/c1-2-33-26(28(31)32)18-20-8-12-24(13-9-20)34-17-16-29-15-14-21-10-11-23(19-25(21)29)27(30)22-6-4-3-5-7-22/h3-15,19,26H,2,16-18H2,1H3,(H,31,32). The van der Waals surface area contributed by atoms with Crippen LogP contribution in [0.25, 0.3) is 10.9 Å². The number of rotatable bonds is 11. The van der Waals surface area contributed by atoms with Crippen LogP contribution in [0.1, 0.15) is 28.4 Å². The highest BCUT2D eigenvalue weighted by molar-refractivity contribution is 6.10. The van der Waals surface area contributed by atoms with Gasteiger partial charge < -0.3 is 19.1 Å². The van der Waals surface area contributed by atoms with E-state index in [4.69, 9.17) is 9.47 Å². The van der Waals surface area contributed by atoms with Crippen LogP contribution < -0.4 is 4.74 Å². The average Bonchev–Trinajstić information content (AvgIpc) is 3.27. The first-order valence-corrected chi connectivity index (χ1v) is 11.3.